The molecule has 0 atom stereocenters. The average molecular weight is 224 g/mol. The highest BCUT2D eigenvalue weighted by Gasteiger charge is 1.96. The molecule has 1 heterocycles. The number of hydrogen-bond acceptors (Lipinski definition) is 5. The molecule has 5 heteroatoms. The van der Waals surface area contributed by atoms with Gasteiger partial charge in [-0.2, -0.15) is 4.98 Å². The number of unbranched alkanes of at least 4 members (excludes halogenated alkanes) is 2. The van der Waals surface area contributed by atoms with Gasteiger partial charge in [0, 0.05) is 25.9 Å². The number of anilines is 2. The van der Waals surface area contributed by atoms with Crippen LogP contribution in [0.2, 0.25) is 0 Å². The lowest BCUT2D eigenvalue weighted by Gasteiger charge is -2.06. The smallest absolute Gasteiger partial charge is 0.224 e. The first-order valence-corrected chi connectivity index (χ1v) is 5.78. The molecule has 0 radical (unpaired) electrons. The third-order valence-corrected chi connectivity index (χ3v) is 2.13. The molecule has 0 spiro atoms. The summed E-state index contributed by atoms with van der Waals surface area (Å²) in [6, 6.07) is 1.85. The third-order valence-electron chi connectivity index (χ3n) is 2.13. The van der Waals surface area contributed by atoms with Crippen LogP contribution in [-0.2, 0) is 0 Å². The van der Waals surface area contributed by atoms with E-state index in [1.165, 1.54) is 0 Å². The first-order chi connectivity index (χ1) is 7.86. The van der Waals surface area contributed by atoms with E-state index < -0.39 is 0 Å². The molecule has 1 aromatic heterocycles. The molecule has 0 unspecified atom stereocenters. The number of nitrogens with one attached hydrogen (secondary N) is 2. The van der Waals surface area contributed by atoms with Crippen LogP contribution in [0.25, 0.3) is 0 Å². The highest BCUT2D eigenvalue weighted by Crippen LogP contribution is 2.05. The Labute approximate surface area is 96.3 Å². The van der Waals surface area contributed by atoms with Crippen molar-refractivity contribution in [1.29, 1.82) is 0 Å². The number of aliphatic hydroxyl groups is 1. The van der Waals surface area contributed by atoms with Crippen molar-refractivity contribution in [3.8, 4) is 0 Å². The first-order valence-electron chi connectivity index (χ1n) is 5.78. The van der Waals surface area contributed by atoms with Gasteiger partial charge in [-0.05, 0) is 32.3 Å². The lowest BCUT2D eigenvalue weighted by atomic mass is 10.2. The fourth-order valence-electron chi connectivity index (χ4n) is 1.33. The minimum atomic E-state index is 0.276. The van der Waals surface area contributed by atoms with Gasteiger partial charge in [0.1, 0.15) is 5.82 Å². The standard InChI is InChI=1S/C11H20N4O/c1-2-12-11-14-8-6-10(15-11)13-7-4-3-5-9-16/h6,8,16H,2-5,7,9H2,1H3,(H2,12,13,14,15). The summed E-state index contributed by atoms with van der Waals surface area (Å²) in [5.41, 5.74) is 0. The van der Waals surface area contributed by atoms with Crippen LogP contribution in [-0.4, -0.2) is 34.8 Å². The van der Waals surface area contributed by atoms with E-state index >= 15 is 0 Å². The minimum absolute atomic E-state index is 0.276. The Kier molecular flexibility index (Phi) is 6.25. The van der Waals surface area contributed by atoms with Crippen LogP contribution in [0.4, 0.5) is 11.8 Å². The molecule has 0 saturated heterocycles. The van der Waals surface area contributed by atoms with Crippen molar-refractivity contribution in [2.45, 2.75) is 26.2 Å². The predicted octanol–water partition coefficient (Wildman–Crippen LogP) is 1.48. The maximum atomic E-state index is 8.63. The van der Waals surface area contributed by atoms with Crippen LogP contribution in [0.15, 0.2) is 12.3 Å². The lowest BCUT2D eigenvalue weighted by molar-refractivity contribution is 0.283. The summed E-state index contributed by atoms with van der Waals surface area (Å²) in [7, 11) is 0. The third kappa shape index (κ3) is 4.93. The topological polar surface area (TPSA) is 70.1 Å². The molecule has 1 rings (SSSR count). The second kappa shape index (κ2) is 7.87. The molecule has 0 aliphatic rings. The number of rotatable bonds is 8. The molecule has 90 valence electrons. The molecule has 0 aliphatic heterocycles. The van der Waals surface area contributed by atoms with Gasteiger partial charge >= 0.3 is 0 Å². The van der Waals surface area contributed by atoms with Crippen molar-refractivity contribution in [3.63, 3.8) is 0 Å². The first kappa shape index (κ1) is 12.7. The van der Waals surface area contributed by atoms with Crippen molar-refractivity contribution < 1.29 is 5.11 Å². The second-order valence-corrected chi connectivity index (χ2v) is 3.51. The molecule has 3 N–H and O–H groups in total. The molecule has 0 aliphatic carbocycles. The molecule has 5 nitrogen and oxygen atoms in total. The van der Waals surface area contributed by atoms with Crippen LogP contribution in [0.5, 0.6) is 0 Å². The molecule has 16 heavy (non-hydrogen) atoms. The van der Waals surface area contributed by atoms with E-state index in [2.05, 4.69) is 20.6 Å². The Morgan fingerprint density at radius 1 is 1.25 bits per heavy atom. The fourth-order valence-corrected chi connectivity index (χ4v) is 1.33. The van der Waals surface area contributed by atoms with Crippen molar-refractivity contribution in [2.75, 3.05) is 30.3 Å². The fraction of sp³-hybridized carbons (Fsp3) is 0.636. The van der Waals surface area contributed by atoms with Gasteiger partial charge in [-0.25, -0.2) is 4.98 Å². The molecular formula is C11H20N4O. The SMILES string of the molecule is CCNc1nccc(NCCCCCO)n1. The van der Waals surface area contributed by atoms with E-state index in [0.717, 1.165) is 38.2 Å². The zero-order valence-electron chi connectivity index (χ0n) is 9.74. The molecule has 1 aromatic rings. The Morgan fingerprint density at radius 2 is 2.12 bits per heavy atom. The molecule has 0 saturated carbocycles. The van der Waals surface area contributed by atoms with E-state index in [0.29, 0.717) is 5.95 Å². The normalized spacial score (nSPS) is 10.1. The van der Waals surface area contributed by atoms with Gasteiger partial charge in [0.15, 0.2) is 0 Å². The molecule has 0 amide bonds. The van der Waals surface area contributed by atoms with Crippen LogP contribution in [0.3, 0.4) is 0 Å². The van der Waals surface area contributed by atoms with Gasteiger partial charge in [-0.3, -0.25) is 0 Å². The largest absolute Gasteiger partial charge is 0.396 e. The monoisotopic (exact) mass is 224 g/mol. The highest BCUT2D eigenvalue weighted by atomic mass is 16.2. The van der Waals surface area contributed by atoms with Crippen molar-refractivity contribution in [2.24, 2.45) is 0 Å². The van der Waals surface area contributed by atoms with Gasteiger partial charge in [-0.1, -0.05) is 0 Å². The summed E-state index contributed by atoms with van der Waals surface area (Å²) < 4.78 is 0. The van der Waals surface area contributed by atoms with Gasteiger partial charge in [0.25, 0.3) is 0 Å². The lowest BCUT2D eigenvalue weighted by Crippen LogP contribution is -2.07. The molecule has 0 fully saturated rings. The molecule has 0 aromatic carbocycles. The Balaban J connectivity index is 2.27. The van der Waals surface area contributed by atoms with Crippen LogP contribution in [0, 0.1) is 0 Å². The predicted molar refractivity (Wildman–Crippen MR) is 65.6 cm³/mol. The van der Waals surface area contributed by atoms with E-state index in [1.54, 1.807) is 6.20 Å². The minimum Gasteiger partial charge on any atom is -0.396 e. The molecular weight excluding hydrogens is 204 g/mol. The zero-order chi connectivity index (χ0) is 11.6. The number of aromatic nitrogens is 2. The Hall–Kier alpha value is -1.36. The number of nitrogens with zero attached hydrogens (tertiary/aromatic N) is 2. The summed E-state index contributed by atoms with van der Waals surface area (Å²) in [5.74, 6) is 1.50. The highest BCUT2D eigenvalue weighted by molar-refractivity contribution is 5.39. The summed E-state index contributed by atoms with van der Waals surface area (Å²) >= 11 is 0. The Morgan fingerprint density at radius 3 is 2.88 bits per heavy atom. The van der Waals surface area contributed by atoms with Gasteiger partial charge in [0.05, 0.1) is 0 Å². The molecule has 0 bridgehead atoms. The number of aliphatic hydroxyl groups excluding tert-OH is 1. The van der Waals surface area contributed by atoms with Crippen LogP contribution < -0.4 is 10.6 Å². The van der Waals surface area contributed by atoms with E-state index in [-0.39, 0.29) is 6.61 Å². The van der Waals surface area contributed by atoms with Crippen LogP contribution >= 0.6 is 0 Å². The van der Waals surface area contributed by atoms with Crippen molar-refractivity contribution >= 4 is 11.8 Å². The number of hydrogen-bond donors (Lipinski definition) is 3. The van der Waals surface area contributed by atoms with Crippen molar-refractivity contribution in [3.05, 3.63) is 12.3 Å². The van der Waals surface area contributed by atoms with E-state index in [1.807, 2.05) is 13.0 Å². The van der Waals surface area contributed by atoms with Gasteiger partial charge in [-0.15, -0.1) is 0 Å². The van der Waals surface area contributed by atoms with E-state index in [9.17, 15) is 0 Å². The van der Waals surface area contributed by atoms with Crippen LogP contribution in [0.1, 0.15) is 26.2 Å². The summed E-state index contributed by atoms with van der Waals surface area (Å²) in [6.07, 6.45) is 4.69. The van der Waals surface area contributed by atoms with Gasteiger partial charge < -0.3 is 15.7 Å². The van der Waals surface area contributed by atoms with Crippen molar-refractivity contribution in [1.82, 2.24) is 9.97 Å². The summed E-state index contributed by atoms with van der Waals surface area (Å²) in [6.45, 7) is 3.99. The summed E-state index contributed by atoms with van der Waals surface area (Å²) in [5, 5.41) is 14.9. The quantitative estimate of drug-likeness (QED) is 0.583. The van der Waals surface area contributed by atoms with Gasteiger partial charge in [0.2, 0.25) is 5.95 Å². The van der Waals surface area contributed by atoms with E-state index in [4.69, 9.17) is 5.11 Å². The summed E-state index contributed by atoms with van der Waals surface area (Å²) in [4.78, 5) is 8.39. The Bertz CT molecular complexity index is 293. The second-order valence-electron chi connectivity index (χ2n) is 3.51. The maximum absolute atomic E-state index is 8.63. The zero-order valence-corrected chi connectivity index (χ0v) is 9.74. The maximum Gasteiger partial charge on any atom is 0.224 e. The average Bonchev–Trinajstić information content (AvgIpc) is 2.30.